The van der Waals surface area contributed by atoms with Crippen LogP contribution in [0.25, 0.3) is 0 Å². The summed E-state index contributed by atoms with van der Waals surface area (Å²) in [5, 5.41) is -0.127. The van der Waals surface area contributed by atoms with E-state index in [9.17, 15) is 13.8 Å². The number of nitrogens with zero attached hydrogens (tertiary/aromatic N) is 4. The summed E-state index contributed by atoms with van der Waals surface area (Å²) in [5.74, 6) is 0.399. The molecule has 10 heteroatoms. The Morgan fingerprint density at radius 2 is 1.84 bits per heavy atom. The van der Waals surface area contributed by atoms with Gasteiger partial charge in [-0.3, -0.25) is 14.5 Å². The van der Waals surface area contributed by atoms with Crippen molar-refractivity contribution in [2.24, 2.45) is 0 Å². The lowest BCUT2D eigenvalue weighted by Crippen LogP contribution is -2.35. The van der Waals surface area contributed by atoms with Crippen LogP contribution in [0, 0.1) is 4.78 Å². The van der Waals surface area contributed by atoms with Crippen LogP contribution in [-0.4, -0.2) is 49.7 Å². The van der Waals surface area contributed by atoms with Crippen molar-refractivity contribution in [2.75, 3.05) is 29.5 Å². The van der Waals surface area contributed by atoms with Gasteiger partial charge in [0.1, 0.15) is 21.4 Å². The van der Waals surface area contributed by atoms with Crippen molar-refractivity contribution in [1.29, 1.82) is 4.78 Å². The second-order valence-corrected chi connectivity index (χ2v) is 10.4. The summed E-state index contributed by atoms with van der Waals surface area (Å²) in [6.07, 6.45) is 3.86. The van der Waals surface area contributed by atoms with E-state index in [4.69, 9.17) is 10.5 Å². The molecule has 1 atom stereocenters. The maximum absolute atomic E-state index is 12.7. The van der Waals surface area contributed by atoms with Gasteiger partial charge in [-0.2, -0.15) is 0 Å². The molecule has 1 saturated heterocycles. The lowest BCUT2D eigenvalue weighted by molar-refractivity contribution is -0.117. The van der Waals surface area contributed by atoms with Gasteiger partial charge in [0.15, 0.2) is 0 Å². The highest BCUT2D eigenvalue weighted by Crippen LogP contribution is 2.33. The summed E-state index contributed by atoms with van der Waals surface area (Å²) in [4.78, 5) is 37.1. The molecule has 0 saturated carbocycles. The van der Waals surface area contributed by atoms with Crippen LogP contribution in [0.3, 0.4) is 0 Å². The number of fused-ring (bicyclic) bond motifs is 1. The fourth-order valence-corrected chi connectivity index (χ4v) is 5.37. The van der Waals surface area contributed by atoms with E-state index in [1.165, 1.54) is 4.90 Å². The van der Waals surface area contributed by atoms with E-state index in [1.807, 2.05) is 24.0 Å². The van der Waals surface area contributed by atoms with Gasteiger partial charge in [0.2, 0.25) is 11.1 Å². The highest BCUT2D eigenvalue weighted by Gasteiger charge is 2.33. The van der Waals surface area contributed by atoms with E-state index in [0.29, 0.717) is 23.4 Å². The molecule has 3 N–H and O–H groups in total. The molecule has 1 aromatic heterocycles. The van der Waals surface area contributed by atoms with Crippen molar-refractivity contribution < 1.29 is 13.8 Å². The Morgan fingerprint density at radius 3 is 2.50 bits per heavy atom. The zero-order chi connectivity index (χ0) is 22.9. The molecule has 2 aliphatic heterocycles. The van der Waals surface area contributed by atoms with Gasteiger partial charge in [-0.1, -0.05) is 19.1 Å². The van der Waals surface area contributed by atoms with E-state index in [1.54, 1.807) is 12.1 Å². The fourth-order valence-electron chi connectivity index (χ4n) is 4.13. The number of nitrogens with one attached hydrogen (secondary N) is 1. The van der Waals surface area contributed by atoms with Crippen LogP contribution in [0.5, 0.6) is 0 Å². The number of amides is 2. The number of carbonyl (C=O) groups excluding carboxylic acids is 2. The summed E-state index contributed by atoms with van der Waals surface area (Å²) < 4.78 is 20.8. The maximum atomic E-state index is 12.7. The van der Waals surface area contributed by atoms with E-state index in [-0.39, 0.29) is 41.5 Å². The number of rotatable bonds is 6. The zero-order valence-electron chi connectivity index (χ0n) is 18.2. The van der Waals surface area contributed by atoms with Gasteiger partial charge < -0.3 is 10.6 Å². The quantitative estimate of drug-likeness (QED) is 0.642. The number of hydrogen-bond acceptors (Lipinski definition) is 7. The Balaban J connectivity index is 1.56. The molecule has 32 heavy (non-hydrogen) atoms. The molecule has 0 aliphatic carbocycles. The van der Waals surface area contributed by atoms with E-state index in [2.05, 4.69) is 9.97 Å². The molecule has 1 aromatic carbocycles. The van der Waals surface area contributed by atoms with E-state index < -0.39 is 9.73 Å². The Labute approximate surface area is 188 Å². The summed E-state index contributed by atoms with van der Waals surface area (Å²) >= 11 is 0. The maximum Gasteiger partial charge on any atom is 0.253 e. The smallest absolute Gasteiger partial charge is 0.253 e. The molecule has 2 aromatic rings. The van der Waals surface area contributed by atoms with Crippen LogP contribution in [0.4, 0.5) is 11.6 Å². The van der Waals surface area contributed by atoms with Gasteiger partial charge >= 0.3 is 0 Å². The average molecular weight is 457 g/mol. The lowest BCUT2D eigenvalue weighted by atomic mass is 10.1. The molecule has 1 fully saturated rings. The third-order valence-electron chi connectivity index (χ3n) is 5.85. The third-order valence-corrected chi connectivity index (χ3v) is 7.61. The van der Waals surface area contributed by atoms with Crippen LogP contribution < -0.4 is 10.6 Å². The highest BCUT2D eigenvalue weighted by molar-refractivity contribution is 7.92. The van der Waals surface area contributed by atoms with Crippen molar-refractivity contribution in [3.8, 4) is 0 Å². The first kappa shape index (κ1) is 22.2. The minimum absolute atomic E-state index is 0.0325. The van der Waals surface area contributed by atoms with Crippen molar-refractivity contribution in [3.63, 3.8) is 0 Å². The van der Waals surface area contributed by atoms with Gasteiger partial charge in [-0.25, -0.2) is 19.0 Å². The number of nitrogens with two attached hydrogens (primary N) is 1. The molecule has 3 heterocycles. The number of benzene rings is 1. The van der Waals surface area contributed by atoms with Crippen LogP contribution in [0.15, 0.2) is 29.4 Å². The van der Waals surface area contributed by atoms with E-state index in [0.717, 1.165) is 37.9 Å². The number of hydrogen-bond donors (Lipinski definition) is 2. The van der Waals surface area contributed by atoms with Crippen molar-refractivity contribution in [2.45, 2.75) is 50.7 Å². The molecule has 9 nitrogen and oxygen atoms in total. The van der Waals surface area contributed by atoms with Gasteiger partial charge in [0.25, 0.3) is 5.91 Å². The van der Waals surface area contributed by atoms with Crippen LogP contribution >= 0.6 is 0 Å². The van der Waals surface area contributed by atoms with Gasteiger partial charge in [-0.15, -0.1) is 0 Å². The lowest BCUT2D eigenvalue weighted by Gasteiger charge is -2.26. The largest absolute Gasteiger partial charge is 0.383 e. The van der Waals surface area contributed by atoms with Crippen LogP contribution in [-0.2, 0) is 27.5 Å². The first-order valence-corrected chi connectivity index (χ1v) is 12.6. The minimum atomic E-state index is -3.18. The SMILES string of the molecule is CCCS(=N)(=O)c1nc(N)c2c(n1)N(Cc1ccc(C(=O)N3CCCCC3)cc1)C(=O)C2. The molecule has 0 spiro atoms. The van der Waals surface area contributed by atoms with Crippen molar-refractivity contribution in [3.05, 3.63) is 41.0 Å². The minimum Gasteiger partial charge on any atom is -0.383 e. The third kappa shape index (κ3) is 4.32. The van der Waals surface area contributed by atoms with Crippen molar-refractivity contribution in [1.82, 2.24) is 14.9 Å². The number of piperidine rings is 1. The molecule has 2 amide bonds. The average Bonchev–Trinajstić information content (AvgIpc) is 3.10. The van der Waals surface area contributed by atoms with Gasteiger partial charge in [0.05, 0.1) is 13.0 Å². The number of nitrogen functional groups attached to an aromatic ring is 1. The summed E-state index contributed by atoms with van der Waals surface area (Å²) in [6, 6.07) is 7.23. The molecular weight excluding hydrogens is 428 g/mol. The molecule has 2 aliphatic rings. The van der Waals surface area contributed by atoms with Crippen LogP contribution in [0.1, 0.15) is 54.1 Å². The summed E-state index contributed by atoms with van der Waals surface area (Å²) in [7, 11) is -3.18. The topological polar surface area (TPSA) is 133 Å². The first-order valence-electron chi connectivity index (χ1n) is 10.9. The fraction of sp³-hybridized carbons (Fsp3) is 0.455. The number of likely N-dealkylation sites (tertiary alicyclic amines) is 1. The number of carbonyl (C=O) groups is 2. The summed E-state index contributed by atoms with van der Waals surface area (Å²) in [6.45, 7) is 3.66. The Kier molecular flexibility index (Phi) is 6.14. The monoisotopic (exact) mass is 456 g/mol. The normalized spacial score (nSPS) is 17.8. The zero-order valence-corrected chi connectivity index (χ0v) is 19.0. The van der Waals surface area contributed by atoms with Gasteiger partial charge in [-0.05, 0) is 43.4 Å². The first-order chi connectivity index (χ1) is 15.3. The number of aromatic nitrogens is 2. The number of anilines is 2. The second-order valence-electron chi connectivity index (χ2n) is 8.28. The van der Waals surface area contributed by atoms with Gasteiger partial charge in [0, 0.05) is 30.0 Å². The molecule has 0 radical (unpaired) electrons. The Morgan fingerprint density at radius 1 is 1.16 bits per heavy atom. The molecule has 4 rings (SSSR count). The highest BCUT2D eigenvalue weighted by atomic mass is 32.2. The molecular formula is C22H28N6O3S. The summed E-state index contributed by atoms with van der Waals surface area (Å²) in [5.41, 5.74) is 7.99. The molecule has 170 valence electrons. The predicted molar refractivity (Wildman–Crippen MR) is 122 cm³/mol. The second kappa shape index (κ2) is 8.85. The molecule has 0 bridgehead atoms. The predicted octanol–water partition coefficient (Wildman–Crippen LogP) is 2.59. The standard InChI is InChI=1S/C22H28N6O3S/c1-2-12-32(24,31)22-25-19(23)17-13-18(29)28(20(17)26-22)14-15-6-8-16(9-7-15)21(30)27-10-4-3-5-11-27/h6-9,24H,2-5,10-14H2,1H3,(H2,23,25,26). The van der Waals surface area contributed by atoms with E-state index >= 15 is 0 Å². The molecule has 1 unspecified atom stereocenters. The Bertz CT molecular complexity index is 1140. The van der Waals surface area contributed by atoms with Crippen LogP contribution in [0.2, 0.25) is 0 Å². The Hall–Kier alpha value is -3.01. The van der Waals surface area contributed by atoms with Crippen molar-refractivity contribution >= 4 is 33.2 Å².